The molecule has 7 nitrogen and oxygen atoms in total. The van der Waals surface area contributed by atoms with Crippen molar-refractivity contribution in [3.05, 3.63) is 102 Å². The minimum atomic E-state index is -0.918. The average Bonchev–Trinajstić information content (AvgIpc) is 2.96. The van der Waals surface area contributed by atoms with Crippen LogP contribution in [0.15, 0.2) is 91.0 Å². The average molecular weight is 518 g/mol. The van der Waals surface area contributed by atoms with Crippen LogP contribution in [0.5, 0.6) is 0 Å². The fraction of sp³-hybridized carbons (Fsp3) is 0.286. The Morgan fingerprint density at radius 1 is 0.838 bits per heavy atom. The molecule has 3 aromatic rings. The fourth-order valence-corrected chi connectivity index (χ4v) is 5.37. The van der Waals surface area contributed by atoms with Crippen molar-refractivity contribution in [2.45, 2.75) is 36.8 Å². The third-order valence-electron chi connectivity index (χ3n) is 6.19. The largest absolute Gasteiger partial charge is 0.494 e. The first-order chi connectivity index (χ1) is 18.1. The number of carbonyl (C=O) groups excluding carboxylic acids is 2. The Morgan fingerprint density at radius 2 is 1.38 bits per heavy atom. The smallest absolute Gasteiger partial charge is 0.452 e. The molecule has 2 saturated heterocycles. The molecule has 37 heavy (non-hydrogen) atoms. The summed E-state index contributed by atoms with van der Waals surface area (Å²) in [5.74, 6) is -0.352. The molecule has 9 heteroatoms. The van der Waals surface area contributed by atoms with Gasteiger partial charge in [-0.3, -0.25) is 0 Å². The van der Waals surface area contributed by atoms with Gasteiger partial charge in [0.05, 0.1) is 17.7 Å². The summed E-state index contributed by atoms with van der Waals surface area (Å²) < 4.78 is 30.7. The van der Waals surface area contributed by atoms with Gasteiger partial charge in [0.15, 0.2) is 12.2 Å². The summed E-state index contributed by atoms with van der Waals surface area (Å²) in [5, 5.41) is 0. The summed E-state index contributed by atoms with van der Waals surface area (Å²) in [7, 11) is -0.676. The number of fused-ring (bicyclic) bond motifs is 1. The summed E-state index contributed by atoms with van der Waals surface area (Å²) in [6.45, 7) is 2.23. The lowest BCUT2D eigenvalue weighted by molar-refractivity contribution is -0.214. The van der Waals surface area contributed by atoms with Gasteiger partial charge in [-0.15, -0.1) is 11.8 Å². The van der Waals surface area contributed by atoms with Crippen LogP contribution in [-0.4, -0.2) is 61.3 Å². The quantitative estimate of drug-likeness (QED) is 0.346. The van der Waals surface area contributed by atoms with Crippen molar-refractivity contribution in [1.82, 2.24) is 0 Å². The van der Waals surface area contributed by atoms with Gasteiger partial charge >= 0.3 is 19.1 Å². The molecule has 190 valence electrons. The predicted molar refractivity (Wildman–Crippen MR) is 141 cm³/mol. The van der Waals surface area contributed by atoms with E-state index in [0.717, 1.165) is 5.46 Å². The van der Waals surface area contributed by atoms with Crippen LogP contribution in [0.25, 0.3) is 0 Å². The van der Waals surface area contributed by atoms with Gasteiger partial charge in [-0.05, 0) is 35.5 Å². The number of hydrogen-bond donors (Lipinski definition) is 0. The molecule has 3 aromatic carbocycles. The lowest BCUT2D eigenvalue weighted by atomic mass is 9.76. The highest BCUT2D eigenvalue weighted by atomic mass is 32.2. The lowest BCUT2D eigenvalue weighted by Crippen LogP contribution is -2.66. The second-order valence-corrected chi connectivity index (χ2v) is 10.0. The zero-order valence-electron chi connectivity index (χ0n) is 20.3. The lowest BCUT2D eigenvalue weighted by Gasteiger charge is -2.48. The monoisotopic (exact) mass is 518 g/mol. The van der Waals surface area contributed by atoms with E-state index < -0.39 is 48.9 Å². The number of thioether (sulfide) groups is 1. The second kappa shape index (κ2) is 12.0. The van der Waals surface area contributed by atoms with Gasteiger partial charge < -0.3 is 23.5 Å². The zero-order valence-corrected chi connectivity index (χ0v) is 21.1. The third-order valence-corrected chi connectivity index (χ3v) is 7.23. The third kappa shape index (κ3) is 5.91. The molecule has 0 bridgehead atoms. The van der Waals surface area contributed by atoms with Crippen LogP contribution in [0.1, 0.15) is 27.6 Å². The molecule has 5 atom stereocenters. The summed E-state index contributed by atoms with van der Waals surface area (Å²) in [6, 6.07) is 27.0. The molecule has 5 rings (SSSR count). The SMILES string of the molecule is CCS[C@@H]1O[C@@H]2COB(c3ccccc3)O[C@@H]2[C@H](OC(=O)c2ccccc2)[C@H]1OC(=O)c1ccccc1. The van der Waals surface area contributed by atoms with E-state index >= 15 is 0 Å². The van der Waals surface area contributed by atoms with Gasteiger partial charge in [-0.1, -0.05) is 73.7 Å². The first-order valence-corrected chi connectivity index (χ1v) is 13.3. The van der Waals surface area contributed by atoms with Crippen LogP contribution in [0, 0.1) is 0 Å². The van der Waals surface area contributed by atoms with Gasteiger partial charge in [0.25, 0.3) is 0 Å². The number of rotatable bonds is 7. The van der Waals surface area contributed by atoms with E-state index in [2.05, 4.69) is 0 Å². The molecule has 2 fully saturated rings. The van der Waals surface area contributed by atoms with E-state index in [1.54, 1.807) is 48.5 Å². The second-order valence-electron chi connectivity index (χ2n) is 8.65. The van der Waals surface area contributed by atoms with E-state index in [-0.39, 0.29) is 6.61 Å². The molecule has 2 heterocycles. The predicted octanol–water partition coefficient (Wildman–Crippen LogP) is 3.73. The highest BCUT2D eigenvalue weighted by molar-refractivity contribution is 7.99. The van der Waals surface area contributed by atoms with Gasteiger partial charge in [0.2, 0.25) is 0 Å². The van der Waals surface area contributed by atoms with Crippen LogP contribution in [-0.2, 0) is 23.5 Å². The van der Waals surface area contributed by atoms with E-state index in [4.69, 9.17) is 23.5 Å². The zero-order chi connectivity index (χ0) is 25.6. The Balaban J connectivity index is 1.47. The highest BCUT2D eigenvalue weighted by Crippen LogP contribution is 2.36. The van der Waals surface area contributed by atoms with E-state index in [9.17, 15) is 9.59 Å². The Morgan fingerprint density at radius 3 is 1.95 bits per heavy atom. The summed E-state index contributed by atoms with van der Waals surface area (Å²) in [6.07, 6.45) is -3.04. The molecule has 2 aliphatic heterocycles. The minimum absolute atomic E-state index is 0.240. The molecule has 0 aliphatic carbocycles. The molecule has 2 aliphatic rings. The van der Waals surface area contributed by atoms with Gasteiger partial charge in [0, 0.05) is 0 Å². The van der Waals surface area contributed by atoms with Gasteiger partial charge in [-0.2, -0.15) is 0 Å². The van der Waals surface area contributed by atoms with Crippen LogP contribution < -0.4 is 5.46 Å². The van der Waals surface area contributed by atoms with Crippen molar-refractivity contribution in [2.24, 2.45) is 0 Å². The van der Waals surface area contributed by atoms with Gasteiger partial charge in [0.1, 0.15) is 17.6 Å². The molecule has 0 spiro atoms. The van der Waals surface area contributed by atoms with Crippen LogP contribution in [0.2, 0.25) is 0 Å². The molecule has 0 unspecified atom stereocenters. The molecule has 0 aromatic heterocycles. The van der Waals surface area contributed by atoms with Crippen LogP contribution >= 0.6 is 11.8 Å². The summed E-state index contributed by atoms with van der Waals surface area (Å²) >= 11 is 1.48. The van der Waals surface area contributed by atoms with Crippen molar-refractivity contribution < 1.29 is 33.1 Å². The fourth-order valence-electron chi connectivity index (χ4n) is 4.42. The van der Waals surface area contributed by atoms with Crippen molar-refractivity contribution in [1.29, 1.82) is 0 Å². The van der Waals surface area contributed by atoms with Crippen LogP contribution in [0.3, 0.4) is 0 Å². The maximum Gasteiger partial charge on any atom is 0.494 e. The first kappa shape index (κ1) is 25.5. The molecule has 0 N–H and O–H groups in total. The maximum atomic E-state index is 13.2. The minimum Gasteiger partial charge on any atom is -0.452 e. The Kier molecular flexibility index (Phi) is 8.26. The summed E-state index contributed by atoms with van der Waals surface area (Å²) in [5.41, 5.74) is 1.04. The Bertz CT molecular complexity index is 1180. The maximum absolute atomic E-state index is 13.2. The summed E-state index contributed by atoms with van der Waals surface area (Å²) in [4.78, 5) is 26.3. The highest BCUT2D eigenvalue weighted by Gasteiger charge is 2.54. The molecular weight excluding hydrogens is 491 g/mol. The number of carbonyl (C=O) groups is 2. The Labute approximate surface area is 220 Å². The van der Waals surface area contributed by atoms with E-state index in [1.807, 2.05) is 49.4 Å². The molecule has 0 amide bonds. The number of hydrogen-bond acceptors (Lipinski definition) is 8. The topological polar surface area (TPSA) is 80.3 Å². The van der Waals surface area contributed by atoms with Crippen molar-refractivity contribution in [3.8, 4) is 0 Å². The van der Waals surface area contributed by atoms with E-state index in [1.165, 1.54) is 11.8 Å². The number of esters is 2. The molecule has 0 saturated carbocycles. The number of benzene rings is 3. The molecule has 0 radical (unpaired) electrons. The van der Waals surface area contributed by atoms with E-state index in [0.29, 0.717) is 16.9 Å². The van der Waals surface area contributed by atoms with Crippen molar-refractivity contribution in [2.75, 3.05) is 12.4 Å². The van der Waals surface area contributed by atoms with Crippen molar-refractivity contribution in [3.63, 3.8) is 0 Å². The van der Waals surface area contributed by atoms with Crippen LogP contribution in [0.4, 0.5) is 0 Å². The normalized spacial score (nSPS) is 25.1. The first-order valence-electron chi connectivity index (χ1n) is 12.2. The molecular formula is C28H27BO7S. The number of ether oxygens (including phenoxy) is 3. The van der Waals surface area contributed by atoms with Gasteiger partial charge in [-0.25, -0.2) is 9.59 Å². The Hall–Kier alpha value is -3.11. The standard InChI is InChI=1S/C28H27BO7S/c1-2-37-28-25(35-27(31)20-14-8-4-9-15-20)24(34-26(30)19-12-6-3-7-13-19)23-22(33-28)18-32-29(36-23)21-16-10-5-11-17-21/h3-17,22-25,28H,2,18H2,1H3/t22-,23+,24+,25-,28+/m1/s1. The van der Waals surface area contributed by atoms with Crippen molar-refractivity contribution >= 4 is 36.3 Å².